The number of aryl methyl sites for hydroxylation is 2. The van der Waals surface area contributed by atoms with Gasteiger partial charge in [0.05, 0.1) is 6.04 Å². The molecule has 2 aromatic carbocycles. The molecule has 0 unspecified atom stereocenters. The van der Waals surface area contributed by atoms with Crippen LogP contribution in [0.4, 0.5) is 5.69 Å². The lowest BCUT2D eigenvalue weighted by Crippen LogP contribution is -2.36. The molecule has 0 bridgehead atoms. The molecule has 1 fully saturated rings. The smallest absolute Gasteiger partial charge is 0.336 e. The zero-order valence-electron chi connectivity index (χ0n) is 15.4. The quantitative estimate of drug-likeness (QED) is 0.695. The average molecular weight is 362 g/mol. The summed E-state index contributed by atoms with van der Waals surface area (Å²) in [5, 5.41) is 7.30. The Morgan fingerprint density at radius 3 is 2.63 bits per heavy atom. The molecule has 2 atom stereocenters. The van der Waals surface area contributed by atoms with Crippen molar-refractivity contribution >= 4 is 22.6 Å². The van der Waals surface area contributed by atoms with Crippen LogP contribution in [0.3, 0.4) is 0 Å². The SMILES string of the molecule is Cc1cc2oc(=O)cc(C)c2cc1NC(=O)[C@H]1CC[C@H](c2ccccc2)N1. The first-order chi connectivity index (χ1) is 13.0. The zero-order valence-corrected chi connectivity index (χ0v) is 15.4. The summed E-state index contributed by atoms with van der Waals surface area (Å²) in [6.07, 6.45) is 1.73. The minimum Gasteiger partial charge on any atom is -0.423 e. The van der Waals surface area contributed by atoms with Gasteiger partial charge < -0.3 is 9.73 Å². The maximum atomic E-state index is 12.8. The third-order valence-corrected chi connectivity index (χ3v) is 5.22. The van der Waals surface area contributed by atoms with Gasteiger partial charge in [0.1, 0.15) is 5.58 Å². The number of anilines is 1. The second kappa shape index (κ2) is 7.00. The fraction of sp³-hybridized carbons (Fsp3) is 0.273. The van der Waals surface area contributed by atoms with Crippen LogP contribution in [-0.4, -0.2) is 11.9 Å². The predicted octanol–water partition coefficient (Wildman–Crippen LogP) is 3.84. The standard InChI is InChI=1S/C22H22N2O3/c1-13-11-21(25)27-20-10-14(2)19(12-16(13)20)24-22(26)18-9-8-17(23-18)15-6-4-3-5-7-15/h3-7,10-12,17-18,23H,8-9H2,1-2H3,(H,24,26)/t17-,18-/m1/s1. The predicted molar refractivity (Wildman–Crippen MR) is 106 cm³/mol. The highest BCUT2D eigenvalue weighted by atomic mass is 16.4. The van der Waals surface area contributed by atoms with Crippen LogP contribution in [0.15, 0.2) is 57.7 Å². The Bertz CT molecular complexity index is 1060. The molecule has 1 aromatic heterocycles. The van der Waals surface area contributed by atoms with E-state index in [1.807, 2.05) is 38.1 Å². The van der Waals surface area contributed by atoms with E-state index in [2.05, 4.69) is 22.8 Å². The molecule has 0 spiro atoms. The number of carbonyl (C=O) groups is 1. The number of rotatable bonds is 3. The maximum Gasteiger partial charge on any atom is 0.336 e. The van der Waals surface area contributed by atoms with E-state index in [0.29, 0.717) is 5.58 Å². The maximum absolute atomic E-state index is 12.8. The lowest BCUT2D eigenvalue weighted by Gasteiger charge is -2.16. The molecule has 0 radical (unpaired) electrons. The number of fused-ring (bicyclic) bond motifs is 1. The van der Waals surface area contributed by atoms with Crippen molar-refractivity contribution in [1.82, 2.24) is 5.32 Å². The van der Waals surface area contributed by atoms with E-state index in [1.165, 1.54) is 11.6 Å². The normalized spacial score (nSPS) is 19.3. The Morgan fingerprint density at radius 1 is 1.07 bits per heavy atom. The van der Waals surface area contributed by atoms with Crippen LogP contribution in [0.1, 0.15) is 35.6 Å². The molecule has 0 saturated carbocycles. The lowest BCUT2D eigenvalue weighted by molar-refractivity contribution is -0.117. The van der Waals surface area contributed by atoms with Crippen LogP contribution < -0.4 is 16.3 Å². The van der Waals surface area contributed by atoms with E-state index in [1.54, 1.807) is 6.07 Å². The van der Waals surface area contributed by atoms with Crippen LogP contribution in [0.5, 0.6) is 0 Å². The molecule has 27 heavy (non-hydrogen) atoms. The topological polar surface area (TPSA) is 71.3 Å². The average Bonchev–Trinajstić information content (AvgIpc) is 3.14. The molecule has 1 aliphatic rings. The van der Waals surface area contributed by atoms with Crippen molar-refractivity contribution < 1.29 is 9.21 Å². The van der Waals surface area contributed by atoms with Crippen LogP contribution in [-0.2, 0) is 4.79 Å². The number of hydrogen-bond donors (Lipinski definition) is 2. The van der Waals surface area contributed by atoms with Crippen molar-refractivity contribution in [3.63, 3.8) is 0 Å². The first-order valence-corrected chi connectivity index (χ1v) is 9.18. The van der Waals surface area contributed by atoms with Gasteiger partial charge in [0.25, 0.3) is 0 Å². The van der Waals surface area contributed by atoms with Crippen molar-refractivity contribution in [2.24, 2.45) is 0 Å². The number of amides is 1. The molecule has 3 aromatic rings. The number of nitrogens with one attached hydrogen (secondary N) is 2. The highest BCUT2D eigenvalue weighted by molar-refractivity contribution is 5.98. The number of benzene rings is 2. The van der Waals surface area contributed by atoms with Crippen LogP contribution in [0.25, 0.3) is 11.0 Å². The summed E-state index contributed by atoms with van der Waals surface area (Å²) in [7, 11) is 0. The third kappa shape index (κ3) is 3.51. The molecule has 5 heteroatoms. The molecule has 1 amide bonds. The van der Waals surface area contributed by atoms with Crippen molar-refractivity contribution in [1.29, 1.82) is 0 Å². The van der Waals surface area contributed by atoms with E-state index in [0.717, 1.165) is 35.0 Å². The van der Waals surface area contributed by atoms with E-state index in [4.69, 9.17) is 4.42 Å². The first-order valence-electron chi connectivity index (χ1n) is 9.18. The molecule has 5 nitrogen and oxygen atoms in total. The van der Waals surface area contributed by atoms with Crippen molar-refractivity contribution in [3.05, 3.63) is 75.6 Å². The van der Waals surface area contributed by atoms with Gasteiger partial charge in [-0.05, 0) is 55.5 Å². The van der Waals surface area contributed by atoms with Gasteiger partial charge in [0.15, 0.2) is 0 Å². The fourth-order valence-electron chi connectivity index (χ4n) is 3.72. The van der Waals surface area contributed by atoms with Gasteiger partial charge in [-0.2, -0.15) is 0 Å². The van der Waals surface area contributed by atoms with Gasteiger partial charge in [0, 0.05) is 23.2 Å². The van der Waals surface area contributed by atoms with Gasteiger partial charge in [0.2, 0.25) is 5.91 Å². The first kappa shape index (κ1) is 17.5. The molecule has 138 valence electrons. The zero-order chi connectivity index (χ0) is 19.0. The third-order valence-electron chi connectivity index (χ3n) is 5.22. The number of carbonyl (C=O) groups excluding carboxylic acids is 1. The second-order valence-electron chi connectivity index (χ2n) is 7.16. The Hall–Kier alpha value is -2.92. The Labute approximate surface area is 157 Å². The van der Waals surface area contributed by atoms with E-state index in [-0.39, 0.29) is 23.6 Å². The van der Waals surface area contributed by atoms with Gasteiger partial charge in [-0.15, -0.1) is 0 Å². The molecule has 1 aliphatic heterocycles. The van der Waals surface area contributed by atoms with Gasteiger partial charge in [-0.1, -0.05) is 30.3 Å². The number of hydrogen-bond acceptors (Lipinski definition) is 4. The summed E-state index contributed by atoms with van der Waals surface area (Å²) >= 11 is 0. The van der Waals surface area contributed by atoms with E-state index in [9.17, 15) is 9.59 Å². The minimum absolute atomic E-state index is 0.0362. The summed E-state index contributed by atoms with van der Waals surface area (Å²) in [5.74, 6) is -0.0362. The Morgan fingerprint density at radius 2 is 1.85 bits per heavy atom. The van der Waals surface area contributed by atoms with Gasteiger partial charge in [-0.25, -0.2) is 4.79 Å². The van der Waals surface area contributed by atoms with Crippen LogP contribution >= 0.6 is 0 Å². The molecular weight excluding hydrogens is 340 g/mol. The monoisotopic (exact) mass is 362 g/mol. The van der Waals surface area contributed by atoms with E-state index < -0.39 is 0 Å². The summed E-state index contributed by atoms with van der Waals surface area (Å²) in [5.41, 5.74) is 3.83. The summed E-state index contributed by atoms with van der Waals surface area (Å²) in [4.78, 5) is 24.3. The van der Waals surface area contributed by atoms with Crippen molar-refractivity contribution in [3.8, 4) is 0 Å². The summed E-state index contributed by atoms with van der Waals surface area (Å²) in [6.45, 7) is 3.76. The molecular formula is C22H22N2O3. The summed E-state index contributed by atoms with van der Waals surface area (Å²) in [6, 6.07) is 15.3. The highest BCUT2D eigenvalue weighted by Gasteiger charge is 2.30. The molecule has 1 saturated heterocycles. The minimum atomic E-state index is -0.363. The molecule has 2 heterocycles. The highest BCUT2D eigenvalue weighted by Crippen LogP contribution is 2.28. The Kier molecular flexibility index (Phi) is 4.54. The fourth-order valence-corrected chi connectivity index (χ4v) is 3.72. The van der Waals surface area contributed by atoms with Gasteiger partial charge >= 0.3 is 5.63 Å². The lowest BCUT2D eigenvalue weighted by atomic mass is 10.1. The molecule has 4 rings (SSSR count). The summed E-state index contributed by atoms with van der Waals surface area (Å²) < 4.78 is 5.27. The molecule has 2 N–H and O–H groups in total. The van der Waals surface area contributed by atoms with Crippen molar-refractivity contribution in [2.45, 2.75) is 38.8 Å². The van der Waals surface area contributed by atoms with Gasteiger partial charge in [-0.3, -0.25) is 10.1 Å². The van der Waals surface area contributed by atoms with Crippen LogP contribution in [0.2, 0.25) is 0 Å². The Balaban J connectivity index is 1.53. The van der Waals surface area contributed by atoms with E-state index >= 15 is 0 Å². The second-order valence-corrected chi connectivity index (χ2v) is 7.16. The van der Waals surface area contributed by atoms with Crippen LogP contribution in [0, 0.1) is 13.8 Å². The molecule has 0 aliphatic carbocycles. The van der Waals surface area contributed by atoms with Crippen molar-refractivity contribution in [2.75, 3.05) is 5.32 Å². The largest absolute Gasteiger partial charge is 0.423 e.